The predicted octanol–water partition coefficient (Wildman–Crippen LogP) is 4.64. The number of likely N-dealkylation sites (tertiary alicyclic amines) is 1. The Morgan fingerprint density at radius 1 is 1.17 bits per heavy atom. The summed E-state index contributed by atoms with van der Waals surface area (Å²) in [5.41, 5.74) is 1.61. The lowest BCUT2D eigenvalue weighted by molar-refractivity contribution is -0.134. The number of piperidine rings is 1. The van der Waals surface area contributed by atoms with Gasteiger partial charge >= 0.3 is 0 Å². The van der Waals surface area contributed by atoms with E-state index in [2.05, 4.69) is 24.0 Å². The molecule has 3 atom stereocenters. The van der Waals surface area contributed by atoms with Crippen LogP contribution in [0.1, 0.15) is 69.5 Å². The zero-order valence-corrected chi connectivity index (χ0v) is 21.9. The Kier molecular flexibility index (Phi) is 6.21. The molecule has 1 saturated heterocycles. The van der Waals surface area contributed by atoms with Crippen molar-refractivity contribution in [3.8, 4) is 11.3 Å². The topological polar surface area (TPSA) is 80.2 Å². The Morgan fingerprint density at radius 2 is 1.89 bits per heavy atom. The molecule has 9 heteroatoms. The SMILES string of the molecule is CC1(C)[C@H]2CC[C@]1([C@H]1CCCN(C(=O)CCCS(C)(=O)=O)C1)c1nnc(-c3c(F)cccc3F)cc12. The van der Waals surface area contributed by atoms with Gasteiger partial charge in [0.2, 0.25) is 5.91 Å². The smallest absolute Gasteiger partial charge is 0.222 e. The van der Waals surface area contributed by atoms with E-state index >= 15 is 0 Å². The molecule has 2 bridgehead atoms. The molecule has 2 aliphatic carbocycles. The van der Waals surface area contributed by atoms with Crippen molar-refractivity contribution in [1.29, 1.82) is 0 Å². The van der Waals surface area contributed by atoms with Crippen LogP contribution in [0.5, 0.6) is 0 Å². The molecule has 6 nitrogen and oxygen atoms in total. The van der Waals surface area contributed by atoms with E-state index < -0.39 is 21.5 Å². The normalized spacial score (nSPS) is 26.8. The Hall–Kier alpha value is -2.42. The molecule has 0 radical (unpaired) electrons. The van der Waals surface area contributed by atoms with Gasteiger partial charge in [-0.1, -0.05) is 19.9 Å². The van der Waals surface area contributed by atoms with Crippen LogP contribution in [0.25, 0.3) is 11.3 Å². The lowest BCUT2D eigenvalue weighted by Gasteiger charge is -2.48. The predicted molar refractivity (Wildman–Crippen MR) is 133 cm³/mol. The molecule has 3 aliphatic rings. The first-order valence-corrected chi connectivity index (χ1v) is 14.8. The van der Waals surface area contributed by atoms with E-state index in [-0.39, 0.29) is 52.0 Å². The summed E-state index contributed by atoms with van der Waals surface area (Å²) in [6.07, 6.45) is 5.51. The molecule has 5 rings (SSSR count). The number of sulfone groups is 1. The number of benzene rings is 1. The number of hydrogen-bond donors (Lipinski definition) is 0. The second kappa shape index (κ2) is 8.85. The Bertz CT molecular complexity index is 1290. The van der Waals surface area contributed by atoms with Crippen LogP contribution in [0.4, 0.5) is 8.78 Å². The molecular formula is C27H33F2N3O3S. The average molecular weight is 518 g/mol. The van der Waals surface area contributed by atoms with Gasteiger partial charge in [0.1, 0.15) is 21.5 Å². The van der Waals surface area contributed by atoms with Gasteiger partial charge in [-0.3, -0.25) is 4.79 Å². The maximum absolute atomic E-state index is 14.5. The number of hydrogen-bond acceptors (Lipinski definition) is 5. The Balaban J connectivity index is 1.45. The van der Waals surface area contributed by atoms with Gasteiger partial charge in [-0.25, -0.2) is 17.2 Å². The quantitative estimate of drug-likeness (QED) is 0.558. The lowest BCUT2D eigenvalue weighted by Crippen LogP contribution is -2.51. The van der Waals surface area contributed by atoms with Crippen molar-refractivity contribution < 1.29 is 22.0 Å². The fourth-order valence-corrected chi connectivity index (χ4v) is 8.06. The molecular weight excluding hydrogens is 484 g/mol. The summed E-state index contributed by atoms with van der Waals surface area (Å²) < 4.78 is 51.9. The van der Waals surface area contributed by atoms with Gasteiger partial charge in [0.05, 0.1) is 22.7 Å². The first kappa shape index (κ1) is 25.2. The molecule has 1 aliphatic heterocycles. The first-order valence-electron chi connectivity index (χ1n) is 12.7. The fraction of sp³-hybridized carbons (Fsp3) is 0.593. The van der Waals surface area contributed by atoms with Crippen LogP contribution < -0.4 is 0 Å². The van der Waals surface area contributed by atoms with Crippen molar-refractivity contribution in [2.45, 2.75) is 63.7 Å². The summed E-state index contributed by atoms with van der Waals surface area (Å²) in [7, 11) is -3.09. The van der Waals surface area contributed by atoms with Crippen LogP contribution in [0.3, 0.4) is 0 Å². The highest BCUT2D eigenvalue weighted by Gasteiger charge is 2.66. The molecule has 2 heterocycles. The number of carbonyl (C=O) groups excluding carboxylic acids is 1. The van der Waals surface area contributed by atoms with E-state index in [0.29, 0.717) is 19.5 Å². The van der Waals surface area contributed by atoms with E-state index in [1.54, 1.807) is 0 Å². The van der Waals surface area contributed by atoms with Gasteiger partial charge in [0.15, 0.2) is 0 Å². The molecule has 0 N–H and O–H groups in total. The number of carbonyl (C=O) groups is 1. The molecule has 36 heavy (non-hydrogen) atoms. The van der Waals surface area contributed by atoms with Crippen molar-refractivity contribution in [3.63, 3.8) is 0 Å². The minimum atomic E-state index is -3.09. The van der Waals surface area contributed by atoms with Gasteiger partial charge in [-0.05, 0) is 73.1 Å². The van der Waals surface area contributed by atoms with Crippen LogP contribution in [0.15, 0.2) is 24.3 Å². The van der Waals surface area contributed by atoms with Gasteiger partial charge in [-0.15, -0.1) is 0 Å². The highest BCUT2D eigenvalue weighted by molar-refractivity contribution is 7.90. The molecule has 2 aromatic rings. The zero-order valence-electron chi connectivity index (χ0n) is 21.1. The van der Waals surface area contributed by atoms with Crippen molar-refractivity contribution in [1.82, 2.24) is 15.1 Å². The van der Waals surface area contributed by atoms with Gasteiger partial charge < -0.3 is 4.90 Å². The molecule has 0 spiro atoms. The number of fused-ring (bicyclic) bond motifs is 5. The maximum Gasteiger partial charge on any atom is 0.222 e. The lowest BCUT2D eigenvalue weighted by atomic mass is 9.59. The second-order valence-corrected chi connectivity index (χ2v) is 13.6. The average Bonchev–Trinajstić information content (AvgIpc) is 3.19. The number of aromatic nitrogens is 2. The van der Waals surface area contributed by atoms with Gasteiger partial charge in [0, 0.05) is 31.2 Å². The van der Waals surface area contributed by atoms with Crippen LogP contribution >= 0.6 is 0 Å². The summed E-state index contributed by atoms with van der Waals surface area (Å²) >= 11 is 0. The molecule has 1 aromatic heterocycles. The van der Waals surface area contributed by atoms with E-state index in [1.807, 2.05) is 11.0 Å². The molecule has 0 unspecified atom stereocenters. The monoisotopic (exact) mass is 517 g/mol. The van der Waals surface area contributed by atoms with E-state index in [1.165, 1.54) is 24.5 Å². The summed E-state index contributed by atoms with van der Waals surface area (Å²) in [5, 5.41) is 8.95. The first-order chi connectivity index (χ1) is 17.0. The highest BCUT2D eigenvalue weighted by Crippen LogP contribution is 2.70. The van der Waals surface area contributed by atoms with E-state index in [9.17, 15) is 22.0 Å². The van der Waals surface area contributed by atoms with Crippen molar-refractivity contribution in [3.05, 3.63) is 47.2 Å². The Labute approximate surface area is 211 Å². The Morgan fingerprint density at radius 3 is 2.58 bits per heavy atom. The van der Waals surface area contributed by atoms with E-state index in [0.717, 1.165) is 36.9 Å². The van der Waals surface area contributed by atoms with Gasteiger partial charge in [-0.2, -0.15) is 10.2 Å². The number of rotatable bonds is 6. The van der Waals surface area contributed by atoms with Gasteiger partial charge in [0.25, 0.3) is 0 Å². The number of halogens is 2. The number of amides is 1. The zero-order chi connectivity index (χ0) is 25.9. The van der Waals surface area contributed by atoms with Crippen LogP contribution in [0.2, 0.25) is 0 Å². The molecule has 1 saturated carbocycles. The third kappa shape index (κ3) is 3.94. The van der Waals surface area contributed by atoms with Crippen molar-refractivity contribution in [2.24, 2.45) is 11.3 Å². The second-order valence-electron chi connectivity index (χ2n) is 11.3. The fourth-order valence-electron chi connectivity index (χ4n) is 7.39. The van der Waals surface area contributed by atoms with Crippen molar-refractivity contribution >= 4 is 15.7 Å². The molecule has 194 valence electrons. The molecule has 1 amide bonds. The van der Waals surface area contributed by atoms with Crippen LogP contribution in [-0.2, 0) is 20.0 Å². The summed E-state index contributed by atoms with van der Waals surface area (Å²) in [4.78, 5) is 14.8. The highest BCUT2D eigenvalue weighted by atomic mass is 32.2. The molecule has 2 fully saturated rings. The summed E-state index contributed by atoms with van der Waals surface area (Å²) in [5.74, 6) is -0.893. The van der Waals surface area contributed by atoms with Crippen LogP contribution in [-0.4, -0.2) is 54.5 Å². The summed E-state index contributed by atoms with van der Waals surface area (Å²) in [6.45, 7) is 5.79. The maximum atomic E-state index is 14.5. The molecule has 1 aromatic carbocycles. The minimum Gasteiger partial charge on any atom is -0.342 e. The number of nitrogens with zero attached hydrogens (tertiary/aromatic N) is 3. The third-order valence-corrected chi connectivity index (χ3v) is 10.1. The minimum absolute atomic E-state index is 0.00165. The van der Waals surface area contributed by atoms with Crippen molar-refractivity contribution in [2.75, 3.05) is 25.1 Å². The summed E-state index contributed by atoms with van der Waals surface area (Å²) in [6, 6.07) is 5.63. The largest absolute Gasteiger partial charge is 0.342 e. The van der Waals surface area contributed by atoms with Crippen LogP contribution in [0, 0.1) is 23.0 Å². The third-order valence-electron chi connectivity index (χ3n) is 9.07. The standard InChI is InChI=1S/C27H33F2N3O3S/c1-26(2)19-11-12-27(26,17-7-5-13-32(16-17)23(33)10-6-14-36(3,34)35)25-18(19)15-22(30-31-25)24-20(28)8-4-9-21(24)29/h4,8-9,15,17,19H,5-7,10-14,16H2,1-3H3/t17-,19-,27-/m0/s1. The van der Waals surface area contributed by atoms with E-state index in [4.69, 9.17) is 0 Å².